The number of carbonyl (C=O) groups excluding carboxylic acids is 1. The first kappa shape index (κ1) is 23.2. The second-order valence-corrected chi connectivity index (χ2v) is 10.7. The standard InChI is InChI=1S/C22H24Cl2N2O5S/c23-17-8-7-16(19(24)10-17)14-32(28,29)26-9-3-4-15(12-26)22(27)25-11-18-13-30-20-5-1-2-6-21(20)31-18/h1-2,5-8,10,15,18H,3-4,9,11-14H2,(H,25,27)/t15-,18-/m1/s1. The highest BCUT2D eigenvalue weighted by atomic mass is 35.5. The minimum Gasteiger partial charge on any atom is -0.486 e. The van der Waals surface area contributed by atoms with Crippen molar-refractivity contribution in [2.24, 2.45) is 5.92 Å². The van der Waals surface area contributed by atoms with Crippen molar-refractivity contribution in [1.29, 1.82) is 0 Å². The summed E-state index contributed by atoms with van der Waals surface area (Å²) in [5, 5.41) is 3.64. The van der Waals surface area contributed by atoms with Crippen molar-refractivity contribution in [3.05, 3.63) is 58.1 Å². The highest BCUT2D eigenvalue weighted by molar-refractivity contribution is 7.88. The van der Waals surface area contributed by atoms with E-state index in [0.29, 0.717) is 53.1 Å². The summed E-state index contributed by atoms with van der Waals surface area (Å²) in [7, 11) is -3.63. The van der Waals surface area contributed by atoms with Gasteiger partial charge in [-0.05, 0) is 42.7 Å². The molecular weight excluding hydrogens is 475 g/mol. The van der Waals surface area contributed by atoms with Crippen LogP contribution in [0.5, 0.6) is 11.5 Å². The number of sulfonamides is 1. The van der Waals surface area contributed by atoms with Crippen molar-refractivity contribution in [1.82, 2.24) is 9.62 Å². The number of carbonyl (C=O) groups is 1. The summed E-state index contributed by atoms with van der Waals surface area (Å²) in [5.74, 6) is 0.495. The molecule has 0 radical (unpaired) electrons. The van der Waals surface area contributed by atoms with Gasteiger partial charge in [-0.2, -0.15) is 0 Å². The van der Waals surface area contributed by atoms with Crippen LogP contribution in [-0.4, -0.2) is 51.0 Å². The van der Waals surface area contributed by atoms with E-state index in [1.165, 1.54) is 10.4 Å². The average molecular weight is 499 g/mol. The number of nitrogens with one attached hydrogen (secondary N) is 1. The second kappa shape index (κ2) is 9.87. The number of hydrogen-bond donors (Lipinski definition) is 1. The molecule has 0 unspecified atom stereocenters. The van der Waals surface area contributed by atoms with Gasteiger partial charge < -0.3 is 14.8 Å². The molecule has 2 aromatic rings. The fraction of sp³-hybridized carbons (Fsp3) is 0.409. The largest absolute Gasteiger partial charge is 0.486 e. The summed E-state index contributed by atoms with van der Waals surface area (Å²) in [6.07, 6.45) is 0.941. The number of piperidine rings is 1. The van der Waals surface area contributed by atoms with Gasteiger partial charge in [0.1, 0.15) is 12.7 Å². The molecule has 0 spiro atoms. The van der Waals surface area contributed by atoms with Crippen LogP contribution in [0.25, 0.3) is 0 Å². The summed E-state index contributed by atoms with van der Waals surface area (Å²) in [6.45, 7) is 1.15. The van der Waals surface area contributed by atoms with Gasteiger partial charge in [-0.15, -0.1) is 0 Å². The zero-order valence-electron chi connectivity index (χ0n) is 17.3. The van der Waals surface area contributed by atoms with Crippen molar-refractivity contribution in [2.45, 2.75) is 24.7 Å². The molecule has 1 saturated heterocycles. The van der Waals surface area contributed by atoms with E-state index in [2.05, 4.69) is 5.32 Å². The quantitative estimate of drug-likeness (QED) is 0.658. The highest BCUT2D eigenvalue weighted by Gasteiger charge is 2.33. The van der Waals surface area contributed by atoms with Gasteiger partial charge in [0.2, 0.25) is 15.9 Å². The molecule has 0 aliphatic carbocycles. The van der Waals surface area contributed by atoms with Crippen molar-refractivity contribution in [3.63, 3.8) is 0 Å². The monoisotopic (exact) mass is 498 g/mol. The van der Waals surface area contributed by atoms with Crippen LogP contribution in [0.15, 0.2) is 42.5 Å². The maximum Gasteiger partial charge on any atom is 0.224 e. The van der Waals surface area contributed by atoms with Crippen LogP contribution in [0.4, 0.5) is 0 Å². The number of fused-ring (bicyclic) bond motifs is 1. The first-order valence-corrected chi connectivity index (χ1v) is 12.8. The minimum absolute atomic E-state index is 0.143. The smallest absolute Gasteiger partial charge is 0.224 e. The van der Waals surface area contributed by atoms with Crippen molar-refractivity contribution in [2.75, 3.05) is 26.2 Å². The van der Waals surface area contributed by atoms with Crippen LogP contribution >= 0.6 is 23.2 Å². The summed E-state index contributed by atoms with van der Waals surface area (Å²) >= 11 is 12.0. The lowest BCUT2D eigenvalue weighted by atomic mass is 9.99. The van der Waals surface area contributed by atoms with Crippen LogP contribution in [0.3, 0.4) is 0 Å². The van der Waals surface area contributed by atoms with Gasteiger partial charge in [0, 0.05) is 23.1 Å². The van der Waals surface area contributed by atoms with Crippen LogP contribution < -0.4 is 14.8 Å². The van der Waals surface area contributed by atoms with E-state index in [0.717, 1.165) is 0 Å². The van der Waals surface area contributed by atoms with E-state index in [9.17, 15) is 13.2 Å². The fourth-order valence-corrected chi connectivity index (χ4v) is 6.05. The molecule has 0 aromatic heterocycles. The van der Waals surface area contributed by atoms with Crippen LogP contribution in [0, 0.1) is 5.92 Å². The van der Waals surface area contributed by atoms with E-state index < -0.39 is 15.9 Å². The number of benzene rings is 2. The van der Waals surface area contributed by atoms with Gasteiger partial charge in [-0.3, -0.25) is 4.79 Å². The van der Waals surface area contributed by atoms with Crippen LogP contribution in [0.2, 0.25) is 10.0 Å². The fourth-order valence-electron chi connectivity index (χ4n) is 3.86. The summed E-state index contributed by atoms with van der Waals surface area (Å²) in [5.41, 5.74) is 0.484. The van der Waals surface area contributed by atoms with E-state index in [1.807, 2.05) is 24.3 Å². The first-order chi connectivity index (χ1) is 15.3. The molecule has 172 valence electrons. The molecule has 2 heterocycles. The van der Waals surface area contributed by atoms with Crippen molar-refractivity contribution < 1.29 is 22.7 Å². The Morgan fingerprint density at radius 3 is 2.72 bits per heavy atom. The molecule has 2 aromatic carbocycles. The summed E-state index contributed by atoms with van der Waals surface area (Å²) in [4.78, 5) is 12.7. The van der Waals surface area contributed by atoms with Crippen LogP contribution in [0.1, 0.15) is 18.4 Å². The molecule has 2 aliphatic rings. The maximum atomic E-state index is 12.9. The van der Waals surface area contributed by atoms with Crippen molar-refractivity contribution in [3.8, 4) is 11.5 Å². The number of halogens is 2. The molecule has 7 nitrogen and oxygen atoms in total. The molecule has 32 heavy (non-hydrogen) atoms. The third kappa shape index (κ3) is 5.49. The first-order valence-electron chi connectivity index (χ1n) is 10.4. The predicted molar refractivity (Wildman–Crippen MR) is 123 cm³/mol. The lowest BCUT2D eigenvalue weighted by molar-refractivity contribution is -0.126. The Bertz CT molecular complexity index is 1100. The zero-order valence-corrected chi connectivity index (χ0v) is 19.6. The Balaban J connectivity index is 1.32. The summed E-state index contributed by atoms with van der Waals surface area (Å²) in [6, 6.07) is 12.1. The Morgan fingerprint density at radius 1 is 1.16 bits per heavy atom. The normalized spacial score (nSPS) is 21.2. The molecule has 4 rings (SSSR count). The molecule has 1 N–H and O–H groups in total. The molecule has 2 atom stereocenters. The van der Waals surface area contributed by atoms with E-state index in [4.69, 9.17) is 32.7 Å². The highest BCUT2D eigenvalue weighted by Crippen LogP contribution is 2.31. The third-order valence-corrected chi connectivity index (χ3v) is 7.95. The lowest BCUT2D eigenvalue weighted by Crippen LogP contribution is -2.48. The van der Waals surface area contributed by atoms with E-state index in [-0.39, 0.29) is 30.9 Å². The topological polar surface area (TPSA) is 84.9 Å². The van der Waals surface area contributed by atoms with Crippen LogP contribution in [-0.2, 0) is 20.6 Å². The predicted octanol–water partition coefficient (Wildman–Crippen LogP) is 3.49. The molecule has 1 fully saturated rings. The molecule has 2 aliphatic heterocycles. The lowest BCUT2D eigenvalue weighted by Gasteiger charge is -2.32. The van der Waals surface area contributed by atoms with E-state index in [1.54, 1.807) is 12.1 Å². The summed E-state index contributed by atoms with van der Waals surface area (Å²) < 4.78 is 38.8. The maximum absolute atomic E-state index is 12.9. The Kier molecular flexibility index (Phi) is 7.14. The number of amides is 1. The van der Waals surface area contributed by atoms with Gasteiger partial charge in [-0.1, -0.05) is 41.4 Å². The van der Waals surface area contributed by atoms with E-state index >= 15 is 0 Å². The number of rotatable bonds is 6. The number of para-hydroxylation sites is 2. The molecule has 0 bridgehead atoms. The number of nitrogens with zero attached hydrogens (tertiary/aromatic N) is 1. The molecular formula is C22H24Cl2N2O5S. The Labute approximate surface area is 197 Å². The average Bonchev–Trinajstić information content (AvgIpc) is 2.79. The van der Waals surface area contributed by atoms with Gasteiger partial charge in [0.05, 0.1) is 18.2 Å². The Morgan fingerprint density at radius 2 is 1.94 bits per heavy atom. The zero-order chi connectivity index (χ0) is 22.7. The number of hydrogen-bond acceptors (Lipinski definition) is 5. The second-order valence-electron chi connectivity index (χ2n) is 7.93. The molecule has 1 amide bonds. The molecule has 10 heteroatoms. The Hall–Kier alpha value is -2.00. The van der Waals surface area contributed by atoms with Gasteiger partial charge in [0.25, 0.3) is 0 Å². The molecule has 0 saturated carbocycles. The van der Waals surface area contributed by atoms with Crippen molar-refractivity contribution >= 4 is 39.1 Å². The van der Waals surface area contributed by atoms with Gasteiger partial charge in [0.15, 0.2) is 11.5 Å². The van der Waals surface area contributed by atoms with Gasteiger partial charge >= 0.3 is 0 Å². The number of ether oxygens (including phenoxy) is 2. The SMILES string of the molecule is O=C(NC[C@@H]1COc2ccccc2O1)[C@@H]1CCCN(S(=O)(=O)Cc2ccc(Cl)cc2Cl)C1. The third-order valence-electron chi connectivity index (χ3n) is 5.57. The van der Waals surface area contributed by atoms with Gasteiger partial charge in [-0.25, -0.2) is 12.7 Å². The minimum atomic E-state index is -3.63.